The van der Waals surface area contributed by atoms with Crippen molar-refractivity contribution < 1.29 is 0 Å². The third kappa shape index (κ3) is 2.82. The van der Waals surface area contributed by atoms with Crippen LogP contribution in [0.2, 0.25) is 0 Å². The zero-order valence-corrected chi connectivity index (χ0v) is 13.3. The van der Waals surface area contributed by atoms with Gasteiger partial charge < -0.3 is 5.32 Å². The van der Waals surface area contributed by atoms with Crippen LogP contribution in [0.1, 0.15) is 24.1 Å². The molecular weight excluding hydrogens is 308 g/mol. The molecule has 18 heavy (non-hydrogen) atoms. The van der Waals surface area contributed by atoms with E-state index in [0.717, 1.165) is 24.4 Å². The lowest BCUT2D eigenvalue weighted by Gasteiger charge is -2.24. The molecule has 2 heterocycles. The molecule has 0 spiro atoms. The summed E-state index contributed by atoms with van der Waals surface area (Å²) < 4.78 is 1.21. The van der Waals surface area contributed by atoms with Crippen LogP contribution in [0.3, 0.4) is 0 Å². The Morgan fingerprint density at radius 3 is 3.17 bits per heavy atom. The van der Waals surface area contributed by atoms with E-state index in [2.05, 4.69) is 44.6 Å². The summed E-state index contributed by atoms with van der Waals surface area (Å²) >= 11 is 5.37. The zero-order valence-electron chi connectivity index (χ0n) is 10.9. The van der Waals surface area contributed by atoms with Crippen molar-refractivity contribution in [3.8, 4) is 0 Å². The van der Waals surface area contributed by atoms with Gasteiger partial charge in [0, 0.05) is 33.9 Å². The maximum Gasteiger partial charge on any atom is 0.0325 e. The zero-order chi connectivity index (χ0) is 12.5. The SMILES string of the molecule is CN(Cc1cc(Br)cs1)CC1NCC2CCCC21. The lowest BCUT2D eigenvalue weighted by molar-refractivity contribution is 0.261. The molecule has 0 bridgehead atoms. The van der Waals surface area contributed by atoms with Gasteiger partial charge in [0.25, 0.3) is 0 Å². The molecule has 1 saturated heterocycles. The number of hydrogen-bond donors (Lipinski definition) is 1. The summed E-state index contributed by atoms with van der Waals surface area (Å²) in [7, 11) is 2.25. The Morgan fingerprint density at radius 2 is 2.39 bits per heavy atom. The van der Waals surface area contributed by atoms with Crippen LogP contribution in [-0.2, 0) is 6.54 Å². The van der Waals surface area contributed by atoms with Crippen LogP contribution in [-0.4, -0.2) is 31.1 Å². The molecule has 1 aromatic rings. The summed E-state index contributed by atoms with van der Waals surface area (Å²) in [4.78, 5) is 3.92. The van der Waals surface area contributed by atoms with Crippen molar-refractivity contribution in [2.45, 2.75) is 31.8 Å². The standard InChI is InChI=1S/C14H21BrN2S/c1-17(7-12-5-11(15)9-18-12)8-14-13-4-2-3-10(13)6-16-14/h5,9-10,13-14,16H,2-4,6-8H2,1H3. The maximum atomic E-state index is 3.73. The second-order valence-electron chi connectivity index (χ2n) is 5.80. The summed E-state index contributed by atoms with van der Waals surface area (Å²) in [6.45, 7) is 3.52. The Hall–Kier alpha value is 0.1000. The molecule has 0 aromatic carbocycles. The van der Waals surface area contributed by atoms with Crippen LogP contribution in [0.15, 0.2) is 15.9 Å². The Labute approximate surface area is 122 Å². The molecule has 3 unspecified atom stereocenters. The Bertz CT molecular complexity index is 406. The van der Waals surface area contributed by atoms with Gasteiger partial charge in [0.1, 0.15) is 0 Å². The lowest BCUT2D eigenvalue weighted by Crippen LogP contribution is -2.38. The summed E-state index contributed by atoms with van der Waals surface area (Å²) in [5.74, 6) is 1.92. The van der Waals surface area contributed by atoms with E-state index >= 15 is 0 Å². The molecule has 3 rings (SSSR count). The number of fused-ring (bicyclic) bond motifs is 1. The van der Waals surface area contributed by atoms with Crippen molar-refractivity contribution in [2.75, 3.05) is 20.1 Å². The van der Waals surface area contributed by atoms with Crippen LogP contribution in [0, 0.1) is 11.8 Å². The summed E-state index contributed by atoms with van der Waals surface area (Å²) in [6, 6.07) is 2.97. The number of hydrogen-bond acceptors (Lipinski definition) is 3. The van der Waals surface area contributed by atoms with E-state index in [9.17, 15) is 0 Å². The molecule has 0 amide bonds. The van der Waals surface area contributed by atoms with Gasteiger partial charge in [0.15, 0.2) is 0 Å². The van der Waals surface area contributed by atoms with Gasteiger partial charge in [-0.2, -0.15) is 0 Å². The van der Waals surface area contributed by atoms with Gasteiger partial charge in [-0.1, -0.05) is 6.42 Å². The molecule has 1 aromatic heterocycles. The molecular formula is C14H21BrN2S. The van der Waals surface area contributed by atoms with E-state index in [1.807, 2.05) is 11.3 Å². The number of nitrogens with zero attached hydrogens (tertiary/aromatic N) is 1. The van der Waals surface area contributed by atoms with Gasteiger partial charge in [-0.25, -0.2) is 0 Å². The van der Waals surface area contributed by atoms with Crippen LogP contribution in [0.5, 0.6) is 0 Å². The van der Waals surface area contributed by atoms with Crippen LogP contribution >= 0.6 is 27.3 Å². The second kappa shape index (κ2) is 5.61. The molecule has 100 valence electrons. The minimum absolute atomic E-state index is 0.728. The molecule has 4 heteroatoms. The summed E-state index contributed by atoms with van der Waals surface area (Å²) in [5.41, 5.74) is 0. The van der Waals surface area contributed by atoms with Crippen molar-refractivity contribution in [3.63, 3.8) is 0 Å². The maximum absolute atomic E-state index is 3.73. The van der Waals surface area contributed by atoms with E-state index in [4.69, 9.17) is 0 Å². The highest BCUT2D eigenvalue weighted by atomic mass is 79.9. The van der Waals surface area contributed by atoms with E-state index in [0.29, 0.717) is 0 Å². The van der Waals surface area contributed by atoms with Gasteiger partial charge in [-0.05, 0) is 60.3 Å². The Morgan fingerprint density at radius 1 is 1.50 bits per heavy atom. The van der Waals surface area contributed by atoms with Crippen molar-refractivity contribution in [1.29, 1.82) is 0 Å². The lowest BCUT2D eigenvalue weighted by atomic mass is 9.94. The third-order valence-corrected chi connectivity index (χ3v) is 6.12. The minimum atomic E-state index is 0.728. The number of rotatable bonds is 4. The molecule has 1 N–H and O–H groups in total. The van der Waals surface area contributed by atoms with Gasteiger partial charge in [0.05, 0.1) is 0 Å². The highest BCUT2D eigenvalue weighted by Gasteiger charge is 2.38. The first kappa shape index (κ1) is 13.1. The molecule has 3 atom stereocenters. The fraction of sp³-hybridized carbons (Fsp3) is 0.714. The molecule has 1 saturated carbocycles. The highest BCUT2D eigenvalue weighted by molar-refractivity contribution is 9.10. The van der Waals surface area contributed by atoms with Crippen molar-refractivity contribution >= 4 is 27.3 Å². The third-order valence-electron chi connectivity index (χ3n) is 4.43. The predicted octanol–water partition coefficient (Wildman–Crippen LogP) is 3.33. The average molecular weight is 329 g/mol. The number of halogens is 1. The first-order valence-corrected chi connectivity index (χ1v) is 8.54. The van der Waals surface area contributed by atoms with Gasteiger partial charge >= 0.3 is 0 Å². The average Bonchev–Trinajstić information content (AvgIpc) is 2.98. The smallest absolute Gasteiger partial charge is 0.0325 e. The Kier molecular flexibility index (Phi) is 4.09. The van der Waals surface area contributed by atoms with E-state index in [1.54, 1.807) is 0 Å². The molecule has 0 radical (unpaired) electrons. The highest BCUT2D eigenvalue weighted by Crippen LogP contribution is 2.37. The van der Waals surface area contributed by atoms with Gasteiger partial charge in [-0.15, -0.1) is 11.3 Å². The molecule has 1 aliphatic carbocycles. The molecule has 2 fully saturated rings. The van der Waals surface area contributed by atoms with E-state index in [-0.39, 0.29) is 0 Å². The predicted molar refractivity (Wildman–Crippen MR) is 81.0 cm³/mol. The largest absolute Gasteiger partial charge is 0.312 e. The second-order valence-corrected chi connectivity index (χ2v) is 7.71. The topological polar surface area (TPSA) is 15.3 Å². The monoisotopic (exact) mass is 328 g/mol. The van der Waals surface area contributed by atoms with Crippen LogP contribution in [0.4, 0.5) is 0 Å². The number of likely N-dealkylation sites (N-methyl/N-ethyl adjacent to an activating group) is 1. The summed E-state index contributed by atoms with van der Waals surface area (Å²) in [5, 5.41) is 5.90. The molecule has 2 aliphatic rings. The van der Waals surface area contributed by atoms with Crippen LogP contribution in [0.25, 0.3) is 0 Å². The summed E-state index contributed by atoms with van der Waals surface area (Å²) in [6.07, 6.45) is 4.35. The van der Waals surface area contributed by atoms with Crippen molar-refractivity contribution in [2.24, 2.45) is 11.8 Å². The van der Waals surface area contributed by atoms with E-state index < -0.39 is 0 Å². The first-order valence-electron chi connectivity index (χ1n) is 6.87. The molecule has 2 nitrogen and oxygen atoms in total. The van der Waals surface area contributed by atoms with Crippen molar-refractivity contribution in [1.82, 2.24) is 10.2 Å². The molecule has 1 aliphatic heterocycles. The van der Waals surface area contributed by atoms with E-state index in [1.165, 1.54) is 41.7 Å². The number of thiophene rings is 1. The van der Waals surface area contributed by atoms with Gasteiger partial charge in [0.2, 0.25) is 0 Å². The van der Waals surface area contributed by atoms with Crippen molar-refractivity contribution in [3.05, 3.63) is 20.8 Å². The minimum Gasteiger partial charge on any atom is -0.312 e. The fourth-order valence-corrected chi connectivity index (χ4v) is 5.14. The normalized spacial score (nSPS) is 31.2. The van der Waals surface area contributed by atoms with Gasteiger partial charge in [-0.3, -0.25) is 4.90 Å². The van der Waals surface area contributed by atoms with Crippen LogP contribution < -0.4 is 5.32 Å². The first-order chi connectivity index (χ1) is 8.72. The fourth-order valence-electron chi connectivity index (χ4n) is 3.61. The Balaban J connectivity index is 1.53. The quantitative estimate of drug-likeness (QED) is 0.911. The number of nitrogens with one attached hydrogen (secondary N) is 1.